The summed E-state index contributed by atoms with van der Waals surface area (Å²) in [7, 11) is 0. The van der Waals surface area contributed by atoms with Gasteiger partial charge in [-0.2, -0.15) is 0 Å². The Kier molecular flexibility index (Phi) is 5.61. The molecule has 0 saturated carbocycles. The van der Waals surface area contributed by atoms with Gasteiger partial charge in [-0.3, -0.25) is 4.79 Å². The van der Waals surface area contributed by atoms with Gasteiger partial charge in [0, 0.05) is 18.3 Å². The van der Waals surface area contributed by atoms with Crippen molar-refractivity contribution in [3.05, 3.63) is 59.0 Å². The SMILES string of the molecule is CCC[C@@](F)(C(=O)NCc1ccc(F)c(F)c1F)c1cccnc1O. The van der Waals surface area contributed by atoms with E-state index in [1.165, 1.54) is 18.3 Å². The largest absolute Gasteiger partial charge is 0.493 e. The van der Waals surface area contributed by atoms with Crippen molar-refractivity contribution in [2.75, 3.05) is 0 Å². The summed E-state index contributed by atoms with van der Waals surface area (Å²) in [5, 5.41) is 11.9. The molecule has 1 atom stereocenters. The number of aromatic nitrogens is 1. The van der Waals surface area contributed by atoms with E-state index in [1.807, 2.05) is 0 Å². The second-order valence-corrected chi connectivity index (χ2v) is 5.44. The smallest absolute Gasteiger partial charge is 0.262 e. The minimum Gasteiger partial charge on any atom is -0.493 e. The zero-order valence-corrected chi connectivity index (χ0v) is 13.3. The van der Waals surface area contributed by atoms with E-state index >= 15 is 4.39 Å². The molecule has 0 spiro atoms. The zero-order chi connectivity index (χ0) is 18.6. The first kappa shape index (κ1) is 18.7. The summed E-state index contributed by atoms with van der Waals surface area (Å²) in [5.41, 5.74) is -3.25. The molecule has 0 aliphatic rings. The summed E-state index contributed by atoms with van der Waals surface area (Å²) >= 11 is 0. The number of hydrogen-bond donors (Lipinski definition) is 2. The van der Waals surface area contributed by atoms with Crippen LogP contribution < -0.4 is 5.32 Å². The van der Waals surface area contributed by atoms with Crippen molar-refractivity contribution < 1.29 is 27.5 Å². The first-order valence-corrected chi connectivity index (χ1v) is 7.55. The highest BCUT2D eigenvalue weighted by Crippen LogP contribution is 2.36. The maximum Gasteiger partial charge on any atom is 0.262 e. The van der Waals surface area contributed by atoms with Gasteiger partial charge in [0.2, 0.25) is 11.5 Å². The average Bonchev–Trinajstić information content (AvgIpc) is 2.59. The fourth-order valence-electron chi connectivity index (χ4n) is 2.44. The lowest BCUT2D eigenvalue weighted by Gasteiger charge is -2.24. The summed E-state index contributed by atoms with van der Waals surface area (Å²) in [6.45, 7) is 1.10. The van der Waals surface area contributed by atoms with Crippen molar-refractivity contribution in [2.24, 2.45) is 0 Å². The Bertz CT molecular complexity index is 785. The minimum atomic E-state index is -2.60. The van der Waals surface area contributed by atoms with Gasteiger partial charge in [-0.25, -0.2) is 22.5 Å². The molecule has 8 heteroatoms. The van der Waals surface area contributed by atoms with Crippen LogP contribution in [0.3, 0.4) is 0 Å². The molecule has 0 aliphatic carbocycles. The molecule has 0 fully saturated rings. The number of benzene rings is 1. The summed E-state index contributed by atoms with van der Waals surface area (Å²) in [6, 6.07) is 4.24. The standard InChI is InChI=1S/C17H16F4N2O2/c1-2-7-17(21,11-4-3-8-22-15(11)24)16(25)23-9-10-5-6-12(18)14(20)13(10)19/h3-6,8H,2,7,9H2,1H3,(H,22,24)(H,23,25)/t17-/m0/s1. The molecule has 1 heterocycles. The Balaban J connectivity index is 2.25. The van der Waals surface area contributed by atoms with Gasteiger partial charge < -0.3 is 10.4 Å². The quantitative estimate of drug-likeness (QED) is 0.615. The number of nitrogens with one attached hydrogen (secondary N) is 1. The van der Waals surface area contributed by atoms with Crippen LogP contribution in [0.25, 0.3) is 0 Å². The van der Waals surface area contributed by atoms with Crippen molar-refractivity contribution in [1.29, 1.82) is 0 Å². The molecule has 0 radical (unpaired) electrons. The van der Waals surface area contributed by atoms with Gasteiger partial charge in [-0.05, 0) is 24.6 Å². The highest BCUT2D eigenvalue weighted by Gasteiger charge is 2.42. The number of alkyl halides is 1. The molecule has 4 nitrogen and oxygen atoms in total. The second kappa shape index (κ2) is 7.50. The molecule has 1 amide bonds. The van der Waals surface area contributed by atoms with E-state index in [1.54, 1.807) is 6.92 Å². The molecule has 134 valence electrons. The van der Waals surface area contributed by atoms with Crippen LogP contribution in [0, 0.1) is 17.5 Å². The van der Waals surface area contributed by atoms with Crippen LogP contribution in [-0.4, -0.2) is 16.0 Å². The van der Waals surface area contributed by atoms with Gasteiger partial charge in [0.15, 0.2) is 17.5 Å². The normalized spacial score (nSPS) is 13.3. The van der Waals surface area contributed by atoms with E-state index in [0.29, 0.717) is 6.07 Å². The van der Waals surface area contributed by atoms with Crippen molar-refractivity contribution in [3.8, 4) is 5.88 Å². The molecule has 2 aromatic rings. The fraction of sp³-hybridized carbons (Fsp3) is 0.294. The molecule has 1 aromatic carbocycles. The highest BCUT2D eigenvalue weighted by molar-refractivity contribution is 5.87. The first-order chi connectivity index (χ1) is 11.8. The van der Waals surface area contributed by atoms with Gasteiger partial charge in [0.1, 0.15) is 0 Å². The number of pyridine rings is 1. The van der Waals surface area contributed by atoms with Crippen LogP contribution in [0.15, 0.2) is 30.5 Å². The van der Waals surface area contributed by atoms with Gasteiger partial charge in [0.05, 0.1) is 5.56 Å². The maximum atomic E-state index is 15.3. The van der Waals surface area contributed by atoms with Crippen molar-refractivity contribution in [3.63, 3.8) is 0 Å². The summed E-state index contributed by atoms with van der Waals surface area (Å²) < 4.78 is 55.0. The molecule has 1 aromatic heterocycles. The number of carbonyl (C=O) groups is 1. The molecule has 2 N–H and O–H groups in total. The third-order valence-corrected chi connectivity index (χ3v) is 3.72. The Labute approximate surface area is 141 Å². The van der Waals surface area contributed by atoms with Crippen LogP contribution in [0.5, 0.6) is 5.88 Å². The number of aromatic hydroxyl groups is 1. The van der Waals surface area contributed by atoms with E-state index < -0.39 is 41.5 Å². The fourth-order valence-corrected chi connectivity index (χ4v) is 2.44. The highest BCUT2D eigenvalue weighted by atomic mass is 19.2. The molecule has 0 aliphatic heterocycles. The lowest BCUT2D eigenvalue weighted by molar-refractivity contribution is -0.134. The predicted octanol–water partition coefficient (Wildman–Crippen LogP) is 3.49. The van der Waals surface area contributed by atoms with Gasteiger partial charge >= 0.3 is 0 Å². The Morgan fingerprint density at radius 3 is 2.60 bits per heavy atom. The molecule has 0 unspecified atom stereocenters. The molecular weight excluding hydrogens is 340 g/mol. The average molecular weight is 356 g/mol. The number of halogens is 4. The van der Waals surface area contributed by atoms with E-state index in [9.17, 15) is 23.1 Å². The predicted molar refractivity (Wildman–Crippen MR) is 81.8 cm³/mol. The minimum absolute atomic E-state index is 0.252. The Hall–Kier alpha value is -2.64. The number of amides is 1. The number of nitrogens with zero attached hydrogens (tertiary/aromatic N) is 1. The van der Waals surface area contributed by atoms with E-state index in [-0.39, 0.29) is 24.0 Å². The molecule has 25 heavy (non-hydrogen) atoms. The number of hydrogen-bond acceptors (Lipinski definition) is 3. The summed E-state index contributed by atoms with van der Waals surface area (Å²) in [4.78, 5) is 15.9. The molecule has 2 rings (SSSR count). The van der Waals surface area contributed by atoms with E-state index in [4.69, 9.17) is 0 Å². The van der Waals surface area contributed by atoms with Crippen molar-refractivity contribution in [1.82, 2.24) is 10.3 Å². The van der Waals surface area contributed by atoms with E-state index in [2.05, 4.69) is 10.3 Å². The maximum absolute atomic E-state index is 15.3. The topological polar surface area (TPSA) is 62.2 Å². The number of carbonyl (C=O) groups excluding carboxylic acids is 1. The van der Waals surface area contributed by atoms with Gasteiger partial charge in [-0.1, -0.05) is 19.4 Å². The van der Waals surface area contributed by atoms with Crippen molar-refractivity contribution in [2.45, 2.75) is 32.0 Å². The van der Waals surface area contributed by atoms with Crippen molar-refractivity contribution >= 4 is 5.91 Å². The third kappa shape index (κ3) is 3.72. The van der Waals surface area contributed by atoms with Gasteiger partial charge in [0.25, 0.3) is 5.91 Å². The molecule has 0 bridgehead atoms. The summed E-state index contributed by atoms with van der Waals surface area (Å²) in [6.07, 6.45) is 1.26. The zero-order valence-electron chi connectivity index (χ0n) is 13.3. The lowest BCUT2D eigenvalue weighted by atomic mass is 9.90. The monoisotopic (exact) mass is 356 g/mol. The van der Waals surface area contributed by atoms with Crippen LogP contribution in [0.2, 0.25) is 0 Å². The Morgan fingerprint density at radius 2 is 1.96 bits per heavy atom. The molecular formula is C17H16F4N2O2. The summed E-state index contributed by atoms with van der Waals surface area (Å²) in [5.74, 6) is -6.26. The van der Waals surface area contributed by atoms with Crippen LogP contribution in [-0.2, 0) is 17.0 Å². The first-order valence-electron chi connectivity index (χ1n) is 7.55. The third-order valence-electron chi connectivity index (χ3n) is 3.72. The van der Waals surface area contributed by atoms with Crippen LogP contribution >= 0.6 is 0 Å². The molecule has 0 saturated heterocycles. The van der Waals surface area contributed by atoms with Gasteiger partial charge in [-0.15, -0.1) is 0 Å². The Morgan fingerprint density at radius 1 is 1.24 bits per heavy atom. The number of rotatable bonds is 6. The lowest BCUT2D eigenvalue weighted by Crippen LogP contribution is -2.41. The van der Waals surface area contributed by atoms with Crippen LogP contribution in [0.4, 0.5) is 17.6 Å². The van der Waals surface area contributed by atoms with Crippen LogP contribution in [0.1, 0.15) is 30.9 Å². The van der Waals surface area contributed by atoms with E-state index in [0.717, 1.165) is 6.07 Å². The second-order valence-electron chi connectivity index (χ2n) is 5.44.